The molecule has 2 amide bonds. The summed E-state index contributed by atoms with van der Waals surface area (Å²) in [7, 11) is 0. The van der Waals surface area contributed by atoms with Gasteiger partial charge in [-0.15, -0.1) is 0 Å². The highest BCUT2D eigenvalue weighted by atomic mass is 16.5. The summed E-state index contributed by atoms with van der Waals surface area (Å²) in [5.41, 5.74) is 4.02. The monoisotopic (exact) mass is 474 g/mol. The maximum atomic E-state index is 12.6. The summed E-state index contributed by atoms with van der Waals surface area (Å²) >= 11 is 0. The number of alkyl carbamates (subject to hydrolysis) is 1. The molecule has 4 aliphatic carbocycles. The molecule has 2 aromatic carbocycles. The van der Waals surface area contributed by atoms with Crippen LogP contribution in [0.15, 0.2) is 48.5 Å². The van der Waals surface area contributed by atoms with Crippen molar-refractivity contribution in [1.82, 2.24) is 10.6 Å². The third-order valence-electron chi connectivity index (χ3n) is 8.75. The number of carboxylic acid groups (broad SMARTS) is 1. The molecule has 0 aliphatic heterocycles. The third-order valence-corrected chi connectivity index (χ3v) is 8.75. The number of rotatable bonds is 7. The Balaban J connectivity index is 1.00. The number of ether oxygens (including phenoxy) is 1. The van der Waals surface area contributed by atoms with E-state index in [-0.39, 0.29) is 42.9 Å². The standard InChI is InChI=1S/C28H30N2O5/c31-25(29-15-28(9-10-28)26(32)33)17-11-16-13-24(22(16)12-17)30-27(34)35-14-23-20-7-3-1-5-18(20)19-6-2-4-8-21(19)23/h1-8,16-17,22-24H,9-15H2,(H,29,31)(H,30,34)(H,32,33)/t16-,17?,22-,24+/m0/s1. The molecule has 3 saturated carbocycles. The average Bonchev–Trinajstić information content (AvgIpc) is 3.49. The molecule has 7 nitrogen and oxygen atoms in total. The van der Waals surface area contributed by atoms with Crippen LogP contribution < -0.4 is 10.6 Å². The second kappa shape index (κ2) is 8.40. The molecule has 0 heterocycles. The SMILES string of the molecule is O=C(N[C@@H]1C[C@@H]2CC(C(=O)NCC3(C(=O)O)CC3)C[C@@H]21)OCC1c2ccccc2-c2ccccc21. The lowest BCUT2D eigenvalue weighted by Gasteiger charge is -2.40. The molecule has 0 bridgehead atoms. The molecular weight excluding hydrogens is 444 g/mol. The Morgan fingerprint density at radius 1 is 0.943 bits per heavy atom. The predicted molar refractivity (Wildman–Crippen MR) is 129 cm³/mol. The minimum absolute atomic E-state index is 0.0299. The number of amides is 2. The van der Waals surface area contributed by atoms with Crippen LogP contribution in [0.2, 0.25) is 0 Å². The lowest BCUT2D eigenvalue weighted by atomic mass is 9.71. The molecule has 35 heavy (non-hydrogen) atoms. The lowest BCUT2D eigenvalue weighted by Crippen LogP contribution is -2.50. The maximum absolute atomic E-state index is 12.6. The van der Waals surface area contributed by atoms with E-state index in [2.05, 4.69) is 34.9 Å². The topological polar surface area (TPSA) is 105 Å². The van der Waals surface area contributed by atoms with Gasteiger partial charge in [-0.1, -0.05) is 48.5 Å². The van der Waals surface area contributed by atoms with Gasteiger partial charge in [-0.2, -0.15) is 0 Å². The molecule has 0 radical (unpaired) electrons. The third kappa shape index (κ3) is 3.87. The number of carbonyl (C=O) groups excluding carboxylic acids is 2. The minimum atomic E-state index is -0.823. The summed E-state index contributed by atoms with van der Waals surface area (Å²) in [5.74, 6) is -0.241. The Morgan fingerprint density at radius 2 is 1.60 bits per heavy atom. The first kappa shape index (κ1) is 22.1. The molecule has 2 aromatic rings. The molecule has 0 spiro atoms. The van der Waals surface area contributed by atoms with E-state index in [1.165, 1.54) is 22.3 Å². The predicted octanol–water partition coefficient (Wildman–Crippen LogP) is 3.92. The summed E-state index contributed by atoms with van der Waals surface area (Å²) in [6, 6.07) is 16.6. The Bertz CT molecular complexity index is 1140. The highest BCUT2D eigenvalue weighted by Gasteiger charge is 2.52. The zero-order chi connectivity index (χ0) is 24.2. The number of carbonyl (C=O) groups is 3. The molecule has 182 valence electrons. The van der Waals surface area contributed by atoms with Gasteiger partial charge >= 0.3 is 12.1 Å². The van der Waals surface area contributed by atoms with Crippen LogP contribution in [0.1, 0.15) is 49.1 Å². The van der Waals surface area contributed by atoms with Crippen LogP contribution in [0, 0.1) is 23.2 Å². The second-order valence-electron chi connectivity index (χ2n) is 10.7. The smallest absolute Gasteiger partial charge is 0.407 e. The molecule has 6 rings (SSSR count). The van der Waals surface area contributed by atoms with Gasteiger partial charge in [0, 0.05) is 24.4 Å². The Hall–Kier alpha value is -3.35. The van der Waals surface area contributed by atoms with Crippen LogP contribution in [0.4, 0.5) is 4.79 Å². The van der Waals surface area contributed by atoms with Crippen molar-refractivity contribution in [2.45, 2.75) is 44.1 Å². The van der Waals surface area contributed by atoms with Crippen LogP contribution in [0.3, 0.4) is 0 Å². The van der Waals surface area contributed by atoms with Crippen molar-refractivity contribution >= 4 is 18.0 Å². The largest absolute Gasteiger partial charge is 0.481 e. The van der Waals surface area contributed by atoms with Crippen molar-refractivity contribution in [1.29, 1.82) is 0 Å². The highest BCUT2D eigenvalue weighted by molar-refractivity contribution is 5.82. The number of hydrogen-bond acceptors (Lipinski definition) is 4. The summed E-state index contributed by atoms with van der Waals surface area (Å²) in [6.07, 6.45) is 3.25. The van der Waals surface area contributed by atoms with E-state index in [1.54, 1.807) is 0 Å². The van der Waals surface area contributed by atoms with E-state index >= 15 is 0 Å². The van der Waals surface area contributed by atoms with Crippen LogP contribution in [0.5, 0.6) is 0 Å². The fourth-order valence-electron chi connectivity index (χ4n) is 6.42. The number of aliphatic carboxylic acids is 1. The van der Waals surface area contributed by atoms with Crippen LogP contribution in [0.25, 0.3) is 11.1 Å². The maximum Gasteiger partial charge on any atom is 0.407 e. The van der Waals surface area contributed by atoms with E-state index in [0.717, 1.165) is 19.3 Å². The van der Waals surface area contributed by atoms with Gasteiger partial charge in [-0.25, -0.2) is 4.79 Å². The Kier molecular flexibility index (Phi) is 5.31. The molecular formula is C28H30N2O5. The van der Waals surface area contributed by atoms with E-state index in [4.69, 9.17) is 4.74 Å². The first-order valence-electron chi connectivity index (χ1n) is 12.6. The first-order chi connectivity index (χ1) is 16.9. The fraction of sp³-hybridized carbons (Fsp3) is 0.464. The zero-order valence-electron chi connectivity index (χ0n) is 19.5. The molecule has 0 aromatic heterocycles. The van der Waals surface area contributed by atoms with Crippen molar-refractivity contribution in [3.63, 3.8) is 0 Å². The van der Waals surface area contributed by atoms with Gasteiger partial charge in [0.1, 0.15) is 6.61 Å². The highest BCUT2D eigenvalue weighted by Crippen LogP contribution is 2.50. The molecule has 4 aliphatic rings. The van der Waals surface area contributed by atoms with Gasteiger partial charge in [-0.3, -0.25) is 9.59 Å². The van der Waals surface area contributed by atoms with Gasteiger partial charge in [0.2, 0.25) is 5.91 Å². The number of nitrogens with one attached hydrogen (secondary N) is 2. The molecule has 4 atom stereocenters. The molecule has 0 saturated heterocycles. The second-order valence-corrected chi connectivity index (χ2v) is 10.7. The van der Waals surface area contributed by atoms with E-state index in [9.17, 15) is 19.5 Å². The number of carboxylic acids is 1. The lowest BCUT2D eigenvalue weighted by molar-refractivity contribution is -0.143. The van der Waals surface area contributed by atoms with Crippen LogP contribution >= 0.6 is 0 Å². The fourth-order valence-corrected chi connectivity index (χ4v) is 6.42. The first-order valence-corrected chi connectivity index (χ1v) is 12.6. The van der Waals surface area contributed by atoms with E-state index < -0.39 is 17.5 Å². The summed E-state index contributed by atoms with van der Waals surface area (Å²) in [5, 5.41) is 15.2. The normalized spacial score (nSPS) is 27.1. The zero-order valence-corrected chi connectivity index (χ0v) is 19.5. The quantitative estimate of drug-likeness (QED) is 0.564. The summed E-state index contributed by atoms with van der Waals surface area (Å²) in [6.45, 7) is 0.505. The molecule has 3 fully saturated rings. The van der Waals surface area contributed by atoms with Gasteiger partial charge in [0.15, 0.2) is 0 Å². The number of benzene rings is 2. The molecule has 7 heteroatoms. The van der Waals surface area contributed by atoms with Crippen molar-refractivity contribution in [3.8, 4) is 11.1 Å². The van der Waals surface area contributed by atoms with E-state index in [0.29, 0.717) is 18.8 Å². The van der Waals surface area contributed by atoms with Crippen molar-refractivity contribution < 1.29 is 24.2 Å². The Morgan fingerprint density at radius 3 is 2.23 bits per heavy atom. The van der Waals surface area contributed by atoms with Crippen molar-refractivity contribution in [2.75, 3.05) is 13.2 Å². The molecule has 3 N–H and O–H groups in total. The Labute approximate surface area is 204 Å². The minimum Gasteiger partial charge on any atom is -0.481 e. The van der Waals surface area contributed by atoms with Crippen LogP contribution in [-0.4, -0.2) is 42.3 Å². The summed E-state index contributed by atoms with van der Waals surface area (Å²) < 4.78 is 5.69. The van der Waals surface area contributed by atoms with E-state index in [1.807, 2.05) is 24.3 Å². The van der Waals surface area contributed by atoms with Crippen molar-refractivity contribution in [2.24, 2.45) is 23.2 Å². The average molecular weight is 475 g/mol. The van der Waals surface area contributed by atoms with Gasteiger partial charge < -0.3 is 20.5 Å². The van der Waals surface area contributed by atoms with Crippen molar-refractivity contribution in [3.05, 3.63) is 59.7 Å². The molecule has 1 unspecified atom stereocenters. The van der Waals surface area contributed by atoms with Crippen LogP contribution in [-0.2, 0) is 14.3 Å². The van der Waals surface area contributed by atoms with Gasteiger partial charge in [-0.05, 0) is 66.2 Å². The number of hydrogen-bond donors (Lipinski definition) is 3. The summed E-state index contributed by atoms with van der Waals surface area (Å²) in [4.78, 5) is 36.6. The number of fused-ring (bicyclic) bond motifs is 4. The van der Waals surface area contributed by atoms with Gasteiger partial charge in [0.05, 0.1) is 5.41 Å². The van der Waals surface area contributed by atoms with Gasteiger partial charge in [0.25, 0.3) is 0 Å².